The summed E-state index contributed by atoms with van der Waals surface area (Å²) < 4.78 is 2.24. The summed E-state index contributed by atoms with van der Waals surface area (Å²) >= 11 is 3.23. The van der Waals surface area contributed by atoms with Crippen LogP contribution in [0, 0.1) is 11.8 Å². The van der Waals surface area contributed by atoms with Crippen molar-refractivity contribution >= 4 is 29.0 Å². The zero-order valence-corrected chi connectivity index (χ0v) is 16.4. The molecule has 1 saturated heterocycles. The number of amides is 1. The van der Waals surface area contributed by atoms with E-state index in [1.165, 1.54) is 19.3 Å². The largest absolute Gasteiger partial charge is 0.341 e. The zero-order valence-electron chi connectivity index (χ0n) is 14.7. The number of piperidine rings is 1. The fourth-order valence-electron chi connectivity index (χ4n) is 3.70. The number of hydrogen-bond donors (Lipinski definition) is 0. The summed E-state index contributed by atoms with van der Waals surface area (Å²) in [4.78, 5) is 15.8. The van der Waals surface area contributed by atoms with Gasteiger partial charge >= 0.3 is 0 Å². The van der Waals surface area contributed by atoms with Crippen molar-refractivity contribution in [3.63, 3.8) is 0 Å². The van der Waals surface area contributed by atoms with Crippen LogP contribution in [0.3, 0.4) is 0 Å². The number of carbonyl (C=O) groups excluding carboxylic acids is 1. The highest BCUT2D eigenvalue weighted by atomic mass is 32.2. The third-order valence-corrected chi connectivity index (χ3v) is 6.66. The first-order chi connectivity index (χ1) is 12.1. The number of thioether (sulfide) groups is 1. The highest BCUT2D eigenvalue weighted by Gasteiger charge is 2.31. The van der Waals surface area contributed by atoms with Crippen LogP contribution in [0.15, 0.2) is 22.7 Å². The van der Waals surface area contributed by atoms with E-state index in [2.05, 4.69) is 40.1 Å². The van der Waals surface area contributed by atoms with Gasteiger partial charge in [-0.05, 0) is 42.5 Å². The molecule has 134 valence electrons. The van der Waals surface area contributed by atoms with Crippen LogP contribution in [0.1, 0.15) is 39.2 Å². The molecule has 2 aliphatic rings. The molecular weight excluding hydrogens is 352 g/mol. The van der Waals surface area contributed by atoms with E-state index in [1.54, 1.807) is 23.1 Å². The van der Waals surface area contributed by atoms with E-state index in [0.717, 1.165) is 28.9 Å². The van der Waals surface area contributed by atoms with E-state index in [9.17, 15) is 4.79 Å². The molecule has 1 aliphatic carbocycles. The summed E-state index contributed by atoms with van der Waals surface area (Å²) in [6.45, 7) is 6.25. The minimum absolute atomic E-state index is 0.228. The van der Waals surface area contributed by atoms with Crippen molar-refractivity contribution in [1.82, 2.24) is 19.7 Å². The number of rotatable bonds is 5. The first-order valence-electron chi connectivity index (χ1n) is 9.01. The van der Waals surface area contributed by atoms with Gasteiger partial charge < -0.3 is 4.90 Å². The highest BCUT2D eigenvalue weighted by molar-refractivity contribution is 7.99. The Morgan fingerprint density at radius 3 is 2.68 bits per heavy atom. The van der Waals surface area contributed by atoms with Gasteiger partial charge in [-0.25, -0.2) is 0 Å². The maximum atomic E-state index is 12.6. The minimum Gasteiger partial charge on any atom is -0.341 e. The van der Waals surface area contributed by atoms with Gasteiger partial charge in [0.05, 0.1) is 10.6 Å². The Kier molecular flexibility index (Phi) is 4.86. The lowest BCUT2D eigenvalue weighted by Gasteiger charge is -2.34. The third-order valence-electron chi connectivity index (χ3n) is 4.86. The van der Waals surface area contributed by atoms with Gasteiger partial charge in [-0.2, -0.15) is 0 Å². The van der Waals surface area contributed by atoms with E-state index in [-0.39, 0.29) is 5.91 Å². The fraction of sp³-hybridized carbons (Fsp3) is 0.611. The van der Waals surface area contributed by atoms with Crippen LogP contribution in [-0.2, 0) is 4.79 Å². The van der Waals surface area contributed by atoms with Gasteiger partial charge in [0.2, 0.25) is 5.91 Å². The van der Waals surface area contributed by atoms with Crippen LogP contribution in [0.5, 0.6) is 0 Å². The summed E-state index contributed by atoms with van der Waals surface area (Å²) in [5.74, 6) is 2.82. The molecule has 4 rings (SSSR count). The molecule has 2 aromatic heterocycles. The second-order valence-electron chi connectivity index (χ2n) is 7.42. The first kappa shape index (κ1) is 17.1. The molecule has 3 heterocycles. The molecule has 2 fully saturated rings. The van der Waals surface area contributed by atoms with Crippen LogP contribution < -0.4 is 0 Å². The average Bonchev–Trinajstić information content (AvgIpc) is 3.10. The van der Waals surface area contributed by atoms with Crippen LogP contribution in [-0.4, -0.2) is 44.4 Å². The summed E-state index contributed by atoms with van der Waals surface area (Å²) in [6.07, 6.45) is 3.58. The lowest BCUT2D eigenvalue weighted by Crippen LogP contribution is -2.43. The fourth-order valence-corrected chi connectivity index (χ4v) is 5.31. The Morgan fingerprint density at radius 2 is 2.04 bits per heavy atom. The average molecular weight is 377 g/mol. The highest BCUT2D eigenvalue weighted by Crippen LogP contribution is 2.41. The molecule has 0 spiro atoms. The number of likely N-dealkylation sites (tertiary alicyclic amines) is 1. The van der Waals surface area contributed by atoms with Gasteiger partial charge in [0.15, 0.2) is 11.0 Å². The van der Waals surface area contributed by atoms with Gasteiger partial charge in [-0.3, -0.25) is 9.36 Å². The van der Waals surface area contributed by atoms with Crippen LogP contribution in [0.2, 0.25) is 0 Å². The smallest absolute Gasteiger partial charge is 0.233 e. The van der Waals surface area contributed by atoms with Crippen molar-refractivity contribution in [2.45, 2.75) is 44.3 Å². The number of nitrogens with zero attached hydrogens (tertiary/aromatic N) is 4. The monoisotopic (exact) mass is 376 g/mol. The van der Waals surface area contributed by atoms with Crippen molar-refractivity contribution in [2.75, 3.05) is 18.8 Å². The molecule has 0 unspecified atom stereocenters. The topological polar surface area (TPSA) is 51.0 Å². The summed E-state index contributed by atoms with van der Waals surface area (Å²) in [5, 5.41) is 11.8. The van der Waals surface area contributed by atoms with Crippen molar-refractivity contribution in [2.24, 2.45) is 11.8 Å². The third kappa shape index (κ3) is 3.77. The van der Waals surface area contributed by atoms with Gasteiger partial charge in [0, 0.05) is 19.1 Å². The molecule has 1 saturated carbocycles. The number of thiophene rings is 1. The molecule has 0 bridgehead atoms. The standard InChI is InChI=1S/C18H24N4OS2/c1-12-8-13(2)10-21(9-12)16(23)11-25-18-20-19-17(15-4-3-7-24-15)22(18)14-5-6-14/h3-4,7,12-14H,5-6,8-11H2,1-2H3/t12-,13+. The molecule has 25 heavy (non-hydrogen) atoms. The molecular formula is C18H24N4OS2. The van der Waals surface area contributed by atoms with E-state index in [0.29, 0.717) is 23.6 Å². The molecule has 2 aromatic rings. The lowest BCUT2D eigenvalue weighted by molar-refractivity contribution is -0.130. The molecule has 1 aliphatic heterocycles. The SMILES string of the molecule is C[C@@H]1C[C@H](C)CN(C(=O)CSc2nnc(-c3cccs3)n2C2CC2)C1. The Bertz CT molecular complexity index is 728. The van der Waals surface area contributed by atoms with Gasteiger partial charge in [-0.15, -0.1) is 21.5 Å². The summed E-state index contributed by atoms with van der Waals surface area (Å²) in [5.41, 5.74) is 0. The Morgan fingerprint density at radius 1 is 1.28 bits per heavy atom. The van der Waals surface area contributed by atoms with Crippen LogP contribution >= 0.6 is 23.1 Å². The minimum atomic E-state index is 0.228. The van der Waals surface area contributed by atoms with Crippen molar-refractivity contribution in [1.29, 1.82) is 0 Å². The van der Waals surface area contributed by atoms with E-state index >= 15 is 0 Å². The van der Waals surface area contributed by atoms with Crippen LogP contribution in [0.25, 0.3) is 10.7 Å². The van der Waals surface area contributed by atoms with E-state index in [1.807, 2.05) is 11.0 Å². The maximum Gasteiger partial charge on any atom is 0.233 e. The quantitative estimate of drug-likeness (QED) is 0.742. The molecule has 2 atom stereocenters. The number of hydrogen-bond acceptors (Lipinski definition) is 5. The van der Waals surface area contributed by atoms with Gasteiger partial charge in [-0.1, -0.05) is 31.7 Å². The molecule has 0 aromatic carbocycles. The zero-order chi connectivity index (χ0) is 17.4. The molecule has 0 radical (unpaired) electrons. The Balaban J connectivity index is 1.45. The predicted octanol–water partition coefficient (Wildman–Crippen LogP) is 3.94. The van der Waals surface area contributed by atoms with Crippen LogP contribution in [0.4, 0.5) is 0 Å². The maximum absolute atomic E-state index is 12.6. The molecule has 5 nitrogen and oxygen atoms in total. The van der Waals surface area contributed by atoms with Crippen molar-refractivity contribution in [3.05, 3.63) is 17.5 Å². The number of aromatic nitrogens is 3. The second-order valence-corrected chi connectivity index (χ2v) is 9.31. The Labute approximate surface area is 156 Å². The normalized spacial score (nSPS) is 23.8. The first-order valence-corrected chi connectivity index (χ1v) is 10.9. The molecule has 7 heteroatoms. The van der Waals surface area contributed by atoms with E-state index < -0.39 is 0 Å². The van der Waals surface area contributed by atoms with Crippen molar-refractivity contribution < 1.29 is 4.79 Å². The summed E-state index contributed by atoms with van der Waals surface area (Å²) in [7, 11) is 0. The molecule has 1 amide bonds. The van der Waals surface area contributed by atoms with E-state index in [4.69, 9.17) is 0 Å². The van der Waals surface area contributed by atoms with Gasteiger partial charge in [0.25, 0.3) is 0 Å². The lowest BCUT2D eigenvalue weighted by atomic mass is 9.92. The molecule has 0 N–H and O–H groups in total. The van der Waals surface area contributed by atoms with Gasteiger partial charge in [0.1, 0.15) is 0 Å². The van der Waals surface area contributed by atoms with Crippen molar-refractivity contribution in [3.8, 4) is 10.7 Å². The number of carbonyl (C=O) groups is 1. The second kappa shape index (κ2) is 7.11. The predicted molar refractivity (Wildman–Crippen MR) is 102 cm³/mol. The Hall–Kier alpha value is -1.34. The summed E-state index contributed by atoms with van der Waals surface area (Å²) in [6, 6.07) is 4.63.